The van der Waals surface area contributed by atoms with Crippen molar-refractivity contribution in [1.29, 1.82) is 0 Å². The van der Waals surface area contributed by atoms with Crippen molar-refractivity contribution in [1.82, 2.24) is 9.97 Å². The molecule has 25 heavy (non-hydrogen) atoms. The molecule has 3 aromatic rings. The number of amides is 1. The summed E-state index contributed by atoms with van der Waals surface area (Å²) in [7, 11) is 0. The number of aryl methyl sites for hydroxylation is 2. The van der Waals surface area contributed by atoms with Gasteiger partial charge >= 0.3 is 0 Å². The minimum atomic E-state index is 0.242. The number of thiazole rings is 2. The van der Waals surface area contributed by atoms with Gasteiger partial charge in [-0.05, 0) is 43.0 Å². The van der Waals surface area contributed by atoms with Crippen LogP contribution < -0.4 is 4.90 Å². The number of benzene rings is 1. The van der Waals surface area contributed by atoms with E-state index in [0.717, 1.165) is 52.8 Å². The Hall–Kier alpha value is -2.05. The summed E-state index contributed by atoms with van der Waals surface area (Å²) in [5.41, 5.74) is 6.89. The topological polar surface area (TPSA) is 46.1 Å². The van der Waals surface area contributed by atoms with Gasteiger partial charge in [-0.3, -0.25) is 4.79 Å². The van der Waals surface area contributed by atoms with Crippen LogP contribution >= 0.6 is 22.7 Å². The van der Waals surface area contributed by atoms with Crippen LogP contribution in [-0.4, -0.2) is 22.4 Å². The summed E-state index contributed by atoms with van der Waals surface area (Å²) >= 11 is 3.37. The van der Waals surface area contributed by atoms with E-state index in [-0.39, 0.29) is 5.91 Å². The molecule has 1 aromatic carbocycles. The van der Waals surface area contributed by atoms with Crippen molar-refractivity contribution in [3.63, 3.8) is 0 Å². The molecule has 2 aliphatic rings. The lowest BCUT2D eigenvalue weighted by Gasteiger charge is -2.25. The third-order valence-corrected chi connectivity index (χ3v) is 6.53. The molecule has 4 heterocycles. The fraction of sp³-hybridized carbons (Fsp3) is 0.316. The first-order valence-electron chi connectivity index (χ1n) is 8.49. The molecule has 0 N–H and O–H groups in total. The van der Waals surface area contributed by atoms with Crippen LogP contribution in [0.5, 0.6) is 0 Å². The zero-order chi connectivity index (χ0) is 17.0. The molecule has 0 atom stereocenters. The highest BCUT2D eigenvalue weighted by Crippen LogP contribution is 2.40. The van der Waals surface area contributed by atoms with Gasteiger partial charge in [-0.15, -0.1) is 22.7 Å². The number of hydrogen-bond donors (Lipinski definition) is 0. The largest absolute Gasteiger partial charge is 0.312 e. The number of carbonyl (C=O) groups is 1. The Balaban J connectivity index is 1.49. The van der Waals surface area contributed by atoms with Crippen molar-refractivity contribution in [3.05, 3.63) is 49.7 Å². The van der Waals surface area contributed by atoms with Crippen molar-refractivity contribution in [3.8, 4) is 11.3 Å². The van der Waals surface area contributed by atoms with Crippen LogP contribution in [0.2, 0.25) is 0 Å². The molecule has 6 heteroatoms. The SMILES string of the molecule is Cc1nc(Cc2nc(-c3cc4c5c(c3)CC(=O)N5CCC4)cs2)cs1. The maximum atomic E-state index is 12.2. The molecule has 0 unspecified atom stereocenters. The summed E-state index contributed by atoms with van der Waals surface area (Å²) in [5.74, 6) is 0.242. The third kappa shape index (κ3) is 2.60. The Kier molecular flexibility index (Phi) is 3.50. The lowest BCUT2D eigenvalue weighted by Crippen LogP contribution is -2.31. The highest BCUT2D eigenvalue weighted by molar-refractivity contribution is 7.10. The van der Waals surface area contributed by atoms with Gasteiger partial charge in [0.1, 0.15) is 0 Å². The molecule has 0 saturated heterocycles. The number of carbonyl (C=O) groups excluding carboxylic acids is 1. The van der Waals surface area contributed by atoms with Crippen LogP contribution in [0.15, 0.2) is 22.9 Å². The molecule has 4 nitrogen and oxygen atoms in total. The summed E-state index contributed by atoms with van der Waals surface area (Å²) in [5, 5.41) is 6.42. The molecular weight excluding hydrogens is 350 g/mol. The number of nitrogens with zero attached hydrogens (tertiary/aromatic N) is 3. The third-order valence-electron chi connectivity index (χ3n) is 4.85. The lowest BCUT2D eigenvalue weighted by atomic mass is 9.96. The Bertz CT molecular complexity index is 988. The Morgan fingerprint density at radius 1 is 1.16 bits per heavy atom. The van der Waals surface area contributed by atoms with E-state index < -0.39 is 0 Å². The first kappa shape index (κ1) is 15.2. The zero-order valence-corrected chi connectivity index (χ0v) is 15.5. The van der Waals surface area contributed by atoms with Crippen LogP contribution in [0.3, 0.4) is 0 Å². The number of aromatic nitrogens is 2. The van der Waals surface area contributed by atoms with Gasteiger partial charge in [0.05, 0.1) is 33.5 Å². The fourth-order valence-electron chi connectivity index (χ4n) is 3.80. The van der Waals surface area contributed by atoms with E-state index in [1.54, 1.807) is 22.7 Å². The van der Waals surface area contributed by atoms with E-state index in [9.17, 15) is 4.79 Å². The second kappa shape index (κ2) is 5.75. The summed E-state index contributed by atoms with van der Waals surface area (Å²) < 4.78 is 0. The summed E-state index contributed by atoms with van der Waals surface area (Å²) in [6.45, 7) is 2.90. The standard InChI is InChI=1S/C19H17N3OS2/c1-11-20-15(9-24-11)8-17-21-16(10-25-17)13-5-12-3-2-4-22-18(23)7-14(6-13)19(12)22/h5-6,9-10H,2-4,7-8H2,1H3. The van der Waals surface area contributed by atoms with Gasteiger partial charge in [-0.1, -0.05) is 0 Å². The zero-order valence-electron chi connectivity index (χ0n) is 13.9. The molecule has 2 aliphatic heterocycles. The molecule has 0 aliphatic carbocycles. The van der Waals surface area contributed by atoms with Gasteiger partial charge in [0.25, 0.3) is 0 Å². The molecule has 0 saturated carbocycles. The van der Waals surface area contributed by atoms with Crippen molar-refractivity contribution in [2.45, 2.75) is 32.6 Å². The first-order valence-corrected chi connectivity index (χ1v) is 10.3. The molecule has 1 amide bonds. The van der Waals surface area contributed by atoms with Crippen LogP contribution in [0.4, 0.5) is 5.69 Å². The first-order chi connectivity index (χ1) is 12.2. The second-order valence-corrected chi connectivity index (χ2v) is 8.63. The van der Waals surface area contributed by atoms with E-state index in [1.807, 2.05) is 11.8 Å². The minimum Gasteiger partial charge on any atom is -0.312 e. The van der Waals surface area contributed by atoms with E-state index in [1.165, 1.54) is 16.8 Å². The predicted molar refractivity (Wildman–Crippen MR) is 102 cm³/mol. The summed E-state index contributed by atoms with van der Waals surface area (Å²) in [4.78, 5) is 23.5. The van der Waals surface area contributed by atoms with Gasteiger partial charge in [0.2, 0.25) is 5.91 Å². The van der Waals surface area contributed by atoms with E-state index >= 15 is 0 Å². The predicted octanol–water partition coefficient (Wildman–Crippen LogP) is 4.00. The number of anilines is 1. The van der Waals surface area contributed by atoms with Gasteiger partial charge in [0, 0.05) is 29.3 Å². The highest BCUT2D eigenvalue weighted by atomic mass is 32.1. The minimum absolute atomic E-state index is 0.242. The summed E-state index contributed by atoms with van der Waals surface area (Å²) in [6, 6.07) is 4.39. The molecule has 0 fully saturated rings. The van der Waals surface area contributed by atoms with Crippen molar-refractivity contribution in [2.24, 2.45) is 0 Å². The van der Waals surface area contributed by atoms with Crippen LogP contribution in [0, 0.1) is 6.92 Å². The average Bonchev–Trinajstić information content (AvgIpc) is 3.30. The summed E-state index contributed by atoms with van der Waals surface area (Å²) in [6.07, 6.45) is 3.42. The van der Waals surface area contributed by atoms with Crippen LogP contribution in [0.1, 0.15) is 33.3 Å². The molecule has 2 aromatic heterocycles. The molecular formula is C19H17N3OS2. The molecule has 5 rings (SSSR count). The van der Waals surface area contributed by atoms with Gasteiger partial charge in [-0.25, -0.2) is 9.97 Å². The molecule has 126 valence electrons. The van der Waals surface area contributed by atoms with Gasteiger partial charge in [0.15, 0.2) is 0 Å². The average molecular weight is 367 g/mol. The van der Waals surface area contributed by atoms with E-state index in [2.05, 4.69) is 27.9 Å². The quantitative estimate of drug-likeness (QED) is 0.703. The second-order valence-electron chi connectivity index (χ2n) is 6.63. The Labute approximate surface area is 154 Å². The lowest BCUT2D eigenvalue weighted by molar-refractivity contribution is -0.117. The molecule has 0 radical (unpaired) electrons. The monoisotopic (exact) mass is 367 g/mol. The van der Waals surface area contributed by atoms with E-state index in [4.69, 9.17) is 4.98 Å². The van der Waals surface area contributed by atoms with Gasteiger partial charge < -0.3 is 4.90 Å². The van der Waals surface area contributed by atoms with Crippen molar-refractivity contribution >= 4 is 34.3 Å². The molecule has 0 spiro atoms. The van der Waals surface area contributed by atoms with Crippen molar-refractivity contribution < 1.29 is 4.79 Å². The maximum absolute atomic E-state index is 12.2. The Morgan fingerprint density at radius 2 is 2.04 bits per heavy atom. The number of rotatable bonds is 3. The highest BCUT2D eigenvalue weighted by Gasteiger charge is 2.32. The normalized spacial score (nSPS) is 15.7. The number of hydrogen-bond acceptors (Lipinski definition) is 5. The Morgan fingerprint density at radius 3 is 2.88 bits per heavy atom. The fourth-order valence-corrected chi connectivity index (χ4v) is 5.23. The van der Waals surface area contributed by atoms with Crippen LogP contribution in [-0.2, 0) is 24.1 Å². The van der Waals surface area contributed by atoms with Gasteiger partial charge in [-0.2, -0.15) is 0 Å². The molecule has 0 bridgehead atoms. The van der Waals surface area contributed by atoms with E-state index in [0.29, 0.717) is 6.42 Å². The van der Waals surface area contributed by atoms with Crippen LogP contribution in [0.25, 0.3) is 11.3 Å². The maximum Gasteiger partial charge on any atom is 0.231 e. The smallest absolute Gasteiger partial charge is 0.231 e. The van der Waals surface area contributed by atoms with Crippen molar-refractivity contribution in [2.75, 3.05) is 11.4 Å².